The largest absolute Gasteiger partial charge is 0.454 e. The second-order valence-corrected chi connectivity index (χ2v) is 7.58. The molecule has 168 valence electrons. The van der Waals surface area contributed by atoms with Gasteiger partial charge in [0.25, 0.3) is 5.56 Å². The molecule has 0 atom stereocenters. The lowest BCUT2D eigenvalue weighted by Gasteiger charge is -2.24. The van der Waals surface area contributed by atoms with Crippen molar-refractivity contribution >= 4 is 17.4 Å². The lowest BCUT2D eigenvalue weighted by atomic mass is 10.1. The van der Waals surface area contributed by atoms with Crippen molar-refractivity contribution in [3.05, 3.63) is 44.6 Å². The van der Waals surface area contributed by atoms with Crippen molar-refractivity contribution in [1.29, 1.82) is 0 Å². The number of nitrogens with zero attached hydrogens (tertiary/aromatic N) is 2. The molecule has 0 saturated heterocycles. The van der Waals surface area contributed by atoms with E-state index in [0.29, 0.717) is 37.4 Å². The molecular weight excluding hydrogens is 400 g/mol. The monoisotopic (exact) mass is 430 g/mol. The number of benzene rings is 1. The quantitative estimate of drug-likeness (QED) is 0.597. The number of aryl methyl sites for hydroxylation is 1. The number of aromatic nitrogens is 2. The number of ether oxygens (including phenoxy) is 2. The summed E-state index contributed by atoms with van der Waals surface area (Å²) < 4.78 is 12.0. The molecule has 3 rings (SSSR count). The van der Waals surface area contributed by atoms with Crippen LogP contribution in [0.25, 0.3) is 0 Å². The molecule has 9 heteroatoms. The predicted octanol–water partition coefficient (Wildman–Crippen LogP) is 2.41. The summed E-state index contributed by atoms with van der Waals surface area (Å²) in [7, 11) is 0. The molecule has 0 fully saturated rings. The number of carbonyl (C=O) groups excluding carboxylic acids is 1. The van der Waals surface area contributed by atoms with E-state index in [1.54, 1.807) is 0 Å². The van der Waals surface area contributed by atoms with Crippen molar-refractivity contribution in [2.24, 2.45) is 0 Å². The fraction of sp³-hybridized carbons (Fsp3) is 0.500. The van der Waals surface area contributed by atoms with Crippen LogP contribution in [0.15, 0.2) is 27.8 Å². The first kappa shape index (κ1) is 22.5. The molecule has 0 aliphatic carbocycles. The molecule has 3 N–H and O–H groups in total. The van der Waals surface area contributed by atoms with Crippen LogP contribution < -0.4 is 31.4 Å². The van der Waals surface area contributed by atoms with Gasteiger partial charge in [0.2, 0.25) is 12.7 Å². The van der Waals surface area contributed by atoms with Gasteiger partial charge in [-0.3, -0.25) is 19.1 Å². The van der Waals surface area contributed by atoms with Gasteiger partial charge >= 0.3 is 5.69 Å². The van der Waals surface area contributed by atoms with Gasteiger partial charge in [-0.25, -0.2) is 4.79 Å². The summed E-state index contributed by atoms with van der Waals surface area (Å²) in [6, 6.07) is 5.57. The third-order valence-corrected chi connectivity index (χ3v) is 5.32. The Balaban J connectivity index is 1.84. The second kappa shape index (κ2) is 10.2. The van der Waals surface area contributed by atoms with E-state index in [9.17, 15) is 14.4 Å². The molecular formula is C22H30N4O5. The topological polar surface area (TPSA) is 120 Å². The number of anilines is 2. The minimum atomic E-state index is -0.636. The average Bonchev–Trinajstić information content (AvgIpc) is 3.22. The van der Waals surface area contributed by atoms with Gasteiger partial charge in [0.15, 0.2) is 17.2 Å². The first-order valence-corrected chi connectivity index (χ1v) is 10.8. The first-order chi connectivity index (χ1) is 15.0. The number of nitrogens with one attached hydrogen (secondary N) is 1. The third kappa shape index (κ3) is 5.10. The Labute approximate surface area is 180 Å². The number of rotatable bonds is 10. The summed E-state index contributed by atoms with van der Waals surface area (Å²) in [5, 5.41) is 0. The van der Waals surface area contributed by atoms with Crippen LogP contribution in [0.5, 0.6) is 11.5 Å². The van der Waals surface area contributed by atoms with Crippen molar-refractivity contribution < 1.29 is 14.3 Å². The lowest BCUT2D eigenvalue weighted by Crippen LogP contribution is -2.41. The SMILES string of the molecule is CCCCN(C(=O)CCc1ccc2c(c1)OCO2)c1c(N)n(CCCC)c(=O)[nH]c1=O. The maximum Gasteiger partial charge on any atom is 0.330 e. The fourth-order valence-electron chi connectivity index (χ4n) is 3.54. The summed E-state index contributed by atoms with van der Waals surface area (Å²) >= 11 is 0. The van der Waals surface area contributed by atoms with E-state index in [-0.39, 0.29) is 30.6 Å². The highest BCUT2D eigenvalue weighted by molar-refractivity contribution is 5.95. The molecule has 0 saturated carbocycles. The standard InChI is InChI=1S/C22H30N4O5/c1-3-5-11-25(19-20(23)26(12-6-4-2)22(29)24-21(19)28)18(27)10-8-15-7-9-16-17(13-15)31-14-30-16/h7,9,13H,3-6,8,10-12,14,23H2,1-2H3,(H,24,28,29). The number of hydrogen-bond acceptors (Lipinski definition) is 6. The molecule has 1 aromatic heterocycles. The van der Waals surface area contributed by atoms with Gasteiger partial charge in [-0.15, -0.1) is 0 Å². The van der Waals surface area contributed by atoms with E-state index in [0.717, 1.165) is 24.8 Å². The minimum absolute atomic E-state index is 0.0368. The molecule has 0 bridgehead atoms. The zero-order chi connectivity index (χ0) is 22.4. The normalized spacial score (nSPS) is 12.2. The molecule has 0 spiro atoms. The van der Waals surface area contributed by atoms with E-state index >= 15 is 0 Å². The summed E-state index contributed by atoms with van der Waals surface area (Å²) in [5.41, 5.74) is 6.02. The van der Waals surface area contributed by atoms with Gasteiger partial charge in [-0.1, -0.05) is 32.8 Å². The smallest absolute Gasteiger partial charge is 0.330 e. The summed E-state index contributed by atoms with van der Waals surface area (Å²) in [6.45, 7) is 4.94. The highest BCUT2D eigenvalue weighted by Gasteiger charge is 2.24. The highest BCUT2D eigenvalue weighted by atomic mass is 16.7. The van der Waals surface area contributed by atoms with Crippen molar-refractivity contribution in [2.45, 2.75) is 58.9 Å². The van der Waals surface area contributed by atoms with E-state index in [1.165, 1.54) is 9.47 Å². The maximum absolute atomic E-state index is 13.1. The number of aromatic amines is 1. The molecule has 2 heterocycles. The zero-order valence-electron chi connectivity index (χ0n) is 18.1. The molecule has 1 aromatic carbocycles. The van der Waals surface area contributed by atoms with Crippen LogP contribution in [0.4, 0.5) is 11.5 Å². The molecule has 1 aliphatic heterocycles. The van der Waals surface area contributed by atoms with Crippen LogP contribution in [-0.4, -0.2) is 28.8 Å². The number of unbranched alkanes of at least 4 members (excludes halogenated alkanes) is 2. The van der Waals surface area contributed by atoms with E-state index < -0.39 is 11.2 Å². The van der Waals surface area contributed by atoms with Crippen LogP contribution in [0.3, 0.4) is 0 Å². The number of H-pyrrole nitrogens is 1. The Hall–Kier alpha value is -3.23. The van der Waals surface area contributed by atoms with Gasteiger partial charge in [0.1, 0.15) is 5.82 Å². The Bertz CT molecular complexity index is 1040. The number of fused-ring (bicyclic) bond motifs is 1. The number of hydrogen-bond donors (Lipinski definition) is 2. The van der Waals surface area contributed by atoms with Crippen molar-refractivity contribution in [3.63, 3.8) is 0 Å². The van der Waals surface area contributed by atoms with E-state index in [4.69, 9.17) is 15.2 Å². The Kier molecular flexibility index (Phi) is 7.38. The highest BCUT2D eigenvalue weighted by Crippen LogP contribution is 2.33. The maximum atomic E-state index is 13.1. The van der Waals surface area contributed by atoms with Gasteiger partial charge in [0, 0.05) is 19.5 Å². The zero-order valence-corrected chi connectivity index (χ0v) is 18.1. The fourth-order valence-corrected chi connectivity index (χ4v) is 3.54. The second-order valence-electron chi connectivity index (χ2n) is 7.58. The molecule has 0 radical (unpaired) electrons. The molecule has 1 amide bonds. The van der Waals surface area contributed by atoms with Gasteiger partial charge in [0.05, 0.1) is 0 Å². The van der Waals surface area contributed by atoms with Crippen LogP contribution in [0.1, 0.15) is 51.5 Å². The van der Waals surface area contributed by atoms with Crippen molar-refractivity contribution in [1.82, 2.24) is 9.55 Å². The van der Waals surface area contributed by atoms with Gasteiger partial charge in [-0.2, -0.15) is 0 Å². The average molecular weight is 431 g/mol. The molecule has 1 aliphatic rings. The summed E-state index contributed by atoms with van der Waals surface area (Å²) in [4.78, 5) is 41.7. The predicted molar refractivity (Wildman–Crippen MR) is 119 cm³/mol. The number of nitrogens with two attached hydrogens (primary N) is 1. The molecule has 0 unspecified atom stereocenters. The van der Waals surface area contributed by atoms with E-state index in [1.807, 2.05) is 32.0 Å². The lowest BCUT2D eigenvalue weighted by molar-refractivity contribution is -0.118. The van der Waals surface area contributed by atoms with E-state index in [2.05, 4.69) is 4.98 Å². The van der Waals surface area contributed by atoms with Crippen LogP contribution in [0, 0.1) is 0 Å². The van der Waals surface area contributed by atoms with Crippen LogP contribution >= 0.6 is 0 Å². The Morgan fingerprint density at radius 1 is 1.16 bits per heavy atom. The molecule has 2 aromatic rings. The van der Waals surface area contributed by atoms with Crippen LogP contribution in [0.2, 0.25) is 0 Å². The summed E-state index contributed by atoms with van der Waals surface area (Å²) in [5.74, 6) is 1.17. The number of nitrogen functional groups attached to an aromatic ring is 1. The van der Waals surface area contributed by atoms with Crippen molar-refractivity contribution in [3.8, 4) is 11.5 Å². The number of carbonyl (C=O) groups is 1. The van der Waals surface area contributed by atoms with Crippen molar-refractivity contribution in [2.75, 3.05) is 24.0 Å². The third-order valence-electron chi connectivity index (χ3n) is 5.32. The Morgan fingerprint density at radius 2 is 1.90 bits per heavy atom. The molecule has 9 nitrogen and oxygen atoms in total. The van der Waals surface area contributed by atoms with Gasteiger partial charge in [-0.05, 0) is 37.0 Å². The van der Waals surface area contributed by atoms with Gasteiger partial charge < -0.3 is 20.1 Å². The minimum Gasteiger partial charge on any atom is -0.454 e. The summed E-state index contributed by atoms with van der Waals surface area (Å²) in [6.07, 6.45) is 3.83. The Morgan fingerprint density at radius 3 is 2.65 bits per heavy atom. The first-order valence-electron chi connectivity index (χ1n) is 10.8. The number of amides is 1. The van der Waals surface area contributed by atoms with Crippen LogP contribution in [-0.2, 0) is 17.8 Å². The molecule has 31 heavy (non-hydrogen) atoms.